The predicted octanol–water partition coefficient (Wildman–Crippen LogP) is 2.85. The molecule has 0 radical (unpaired) electrons. The molecule has 0 aliphatic heterocycles. The Hall–Kier alpha value is -0.680. The summed E-state index contributed by atoms with van der Waals surface area (Å²) < 4.78 is 0. The highest BCUT2D eigenvalue weighted by Crippen LogP contribution is 2.19. The Kier molecular flexibility index (Phi) is 3.43. The standard InChI is InChI=1S/C10H16NP/c1-4-9-5-7-10(8-6-9)11-12(2)3/h5-8,11-12H,2,4H2,1,3H3. The first-order valence-corrected chi connectivity index (χ1v) is 6.44. The van der Waals surface area contributed by atoms with Crippen molar-refractivity contribution in [3.8, 4) is 0 Å². The second kappa shape index (κ2) is 4.37. The summed E-state index contributed by atoms with van der Waals surface area (Å²) >= 11 is 0. The first-order valence-electron chi connectivity index (χ1n) is 4.24. The molecule has 1 rings (SSSR count). The van der Waals surface area contributed by atoms with Crippen molar-refractivity contribution >= 4 is 19.7 Å². The van der Waals surface area contributed by atoms with Crippen molar-refractivity contribution in [1.82, 2.24) is 0 Å². The number of benzene rings is 1. The van der Waals surface area contributed by atoms with Crippen molar-refractivity contribution in [3.05, 3.63) is 29.8 Å². The van der Waals surface area contributed by atoms with Gasteiger partial charge in [0.15, 0.2) is 0 Å². The number of aryl methyl sites for hydroxylation is 1. The fraction of sp³-hybridized carbons (Fsp3) is 0.300. The summed E-state index contributed by atoms with van der Waals surface area (Å²) in [6, 6.07) is 8.57. The molecule has 0 spiro atoms. The van der Waals surface area contributed by atoms with E-state index in [1.165, 1.54) is 11.3 Å². The van der Waals surface area contributed by atoms with E-state index in [0.717, 1.165) is 6.42 Å². The fourth-order valence-electron chi connectivity index (χ4n) is 1.07. The lowest BCUT2D eigenvalue weighted by Gasteiger charge is -2.06. The lowest BCUT2D eigenvalue weighted by Crippen LogP contribution is -1.85. The van der Waals surface area contributed by atoms with E-state index in [1.54, 1.807) is 0 Å². The molecule has 1 atom stereocenters. The van der Waals surface area contributed by atoms with Gasteiger partial charge in [-0.15, -0.1) is 0 Å². The monoisotopic (exact) mass is 181 g/mol. The van der Waals surface area contributed by atoms with E-state index in [0.29, 0.717) is 0 Å². The van der Waals surface area contributed by atoms with Crippen LogP contribution in [0.1, 0.15) is 12.5 Å². The molecule has 66 valence electrons. The third-order valence-corrected chi connectivity index (χ3v) is 2.44. The van der Waals surface area contributed by atoms with Crippen LogP contribution in [0.5, 0.6) is 0 Å². The van der Waals surface area contributed by atoms with Crippen LogP contribution < -0.4 is 5.09 Å². The molecular formula is C10H16NP. The minimum atomic E-state index is -0.606. The zero-order chi connectivity index (χ0) is 8.97. The molecule has 0 fully saturated rings. The number of nitrogens with one attached hydrogen (secondary N) is 1. The highest BCUT2D eigenvalue weighted by Gasteiger charge is 1.90. The lowest BCUT2D eigenvalue weighted by atomic mass is 10.2. The molecule has 2 heteroatoms. The number of hydrogen-bond donors (Lipinski definition) is 1. The van der Waals surface area contributed by atoms with Crippen molar-refractivity contribution in [3.63, 3.8) is 0 Å². The second-order valence-corrected chi connectivity index (χ2v) is 4.77. The average Bonchev–Trinajstić information content (AvgIpc) is 2.05. The Bertz CT molecular complexity index is 264. The molecule has 1 aromatic carbocycles. The highest BCUT2D eigenvalue weighted by atomic mass is 31.1. The summed E-state index contributed by atoms with van der Waals surface area (Å²) in [5, 5.41) is 3.35. The van der Waals surface area contributed by atoms with Gasteiger partial charge in [0.1, 0.15) is 0 Å². The van der Waals surface area contributed by atoms with E-state index in [4.69, 9.17) is 0 Å². The minimum absolute atomic E-state index is 0.606. The zero-order valence-electron chi connectivity index (χ0n) is 7.72. The summed E-state index contributed by atoms with van der Waals surface area (Å²) in [4.78, 5) is 0. The molecule has 0 aromatic heterocycles. The first kappa shape index (κ1) is 9.41. The highest BCUT2D eigenvalue weighted by molar-refractivity contribution is 7.56. The smallest absolute Gasteiger partial charge is 0.0369 e. The minimum Gasteiger partial charge on any atom is -0.369 e. The largest absolute Gasteiger partial charge is 0.369 e. The summed E-state index contributed by atoms with van der Waals surface area (Å²) in [7, 11) is -0.606. The topological polar surface area (TPSA) is 12.0 Å². The van der Waals surface area contributed by atoms with Gasteiger partial charge < -0.3 is 5.09 Å². The van der Waals surface area contributed by atoms with Gasteiger partial charge in [-0.25, -0.2) is 0 Å². The zero-order valence-corrected chi connectivity index (χ0v) is 8.72. The van der Waals surface area contributed by atoms with Crippen LogP contribution >= 0.6 is 7.70 Å². The van der Waals surface area contributed by atoms with Gasteiger partial charge in [-0.2, -0.15) is 0 Å². The van der Waals surface area contributed by atoms with Crippen LogP contribution in [0.4, 0.5) is 5.69 Å². The molecule has 1 nitrogen and oxygen atoms in total. The maximum absolute atomic E-state index is 3.97. The van der Waals surface area contributed by atoms with Crippen molar-refractivity contribution < 1.29 is 0 Å². The Balaban J connectivity index is 2.71. The fourth-order valence-corrected chi connectivity index (χ4v) is 1.73. The van der Waals surface area contributed by atoms with Gasteiger partial charge in [0, 0.05) is 5.69 Å². The van der Waals surface area contributed by atoms with E-state index < -0.39 is 7.70 Å². The molecule has 0 aliphatic carbocycles. The Morgan fingerprint density at radius 2 is 1.92 bits per heavy atom. The number of rotatable bonds is 3. The molecule has 0 amide bonds. The molecule has 1 unspecified atom stereocenters. The van der Waals surface area contributed by atoms with Crippen molar-refractivity contribution in [2.24, 2.45) is 0 Å². The van der Waals surface area contributed by atoms with Gasteiger partial charge in [-0.05, 0) is 38.5 Å². The summed E-state index contributed by atoms with van der Waals surface area (Å²) in [5.74, 6) is 0. The summed E-state index contributed by atoms with van der Waals surface area (Å²) in [6.07, 6.45) is 5.07. The maximum Gasteiger partial charge on any atom is 0.0369 e. The van der Waals surface area contributed by atoms with Gasteiger partial charge in [-0.3, -0.25) is 0 Å². The average molecular weight is 181 g/mol. The van der Waals surface area contributed by atoms with Crippen LogP contribution in [-0.2, 0) is 6.42 Å². The van der Waals surface area contributed by atoms with Crippen molar-refractivity contribution in [2.75, 3.05) is 11.8 Å². The van der Waals surface area contributed by atoms with E-state index in [9.17, 15) is 0 Å². The van der Waals surface area contributed by atoms with Gasteiger partial charge in [-0.1, -0.05) is 25.4 Å². The van der Waals surface area contributed by atoms with Gasteiger partial charge in [0.2, 0.25) is 0 Å². The first-order chi connectivity index (χ1) is 5.72. The third kappa shape index (κ3) is 2.75. The molecule has 0 saturated carbocycles. The molecular weight excluding hydrogens is 165 g/mol. The Labute approximate surface area is 75.3 Å². The quantitative estimate of drug-likeness (QED) is 0.707. The molecule has 0 saturated heterocycles. The molecule has 1 aromatic rings. The van der Waals surface area contributed by atoms with Crippen LogP contribution in [0.3, 0.4) is 0 Å². The van der Waals surface area contributed by atoms with Crippen LogP contribution in [0.25, 0.3) is 0 Å². The van der Waals surface area contributed by atoms with Crippen molar-refractivity contribution in [1.29, 1.82) is 0 Å². The summed E-state index contributed by atoms with van der Waals surface area (Å²) in [5.41, 5.74) is 2.58. The van der Waals surface area contributed by atoms with Crippen molar-refractivity contribution in [2.45, 2.75) is 13.3 Å². The normalized spacial score (nSPS) is 12.5. The van der Waals surface area contributed by atoms with Gasteiger partial charge >= 0.3 is 0 Å². The lowest BCUT2D eigenvalue weighted by molar-refractivity contribution is 1.14. The van der Waals surface area contributed by atoms with Gasteiger partial charge in [0.25, 0.3) is 0 Å². The molecule has 0 aliphatic rings. The SMILES string of the molecule is C=[PH](C)Nc1ccc(CC)cc1. The van der Waals surface area contributed by atoms with E-state index in [-0.39, 0.29) is 0 Å². The Morgan fingerprint density at radius 1 is 1.33 bits per heavy atom. The van der Waals surface area contributed by atoms with Crippen LogP contribution in [0, 0.1) is 0 Å². The number of hydrogen-bond acceptors (Lipinski definition) is 1. The van der Waals surface area contributed by atoms with Crippen LogP contribution in [0.15, 0.2) is 24.3 Å². The van der Waals surface area contributed by atoms with E-state index in [1.807, 2.05) is 0 Å². The Morgan fingerprint density at radius 3 is 2.33 bits per heavy atom. The summed E-state index contributed by atoms with van der Waals surface area (Å²) in [6.45, 7) is 4.30. The number of anilines is 1. The predicted molar refractivity (Wildman–Crippen MR) is 60.8 cm³/mol. The van der Waals surface area contributed by atoms with Crippen LogP contribution in [0.2, 0.25) is 0 Å². The third-order valence-electron chi connectivity index (χ3n) is 1.72. The van der Waals surface area contributed by atoms with E-state index in [2.05, 4.69) is 49.2 Å². The molecule has 12 heavy (non-hydrogen) atoms. The van der Waals surface area contributed by atoms with Gasteiger partial charge in [0.05, 0.1) is 0 Å². The maximum atomic E-state index is 3.97. The second-order valence-electron chi connectivity index (χ2n) is 2.96. The molecule has 0 bridgehead atoms. The van der Waals surface area contributed by atoms with E-state index >= 15 is 0 Å². The molecule has 0 heterocycles. The molecule has 1 N–H and O–H groups in total. The van der Waals surface area contributed by atoms with Crippen LogP contribution in [-0.4, -0.2) is 13.0 Å².